The van der Waals surface area contributed by atoms with E-state index in [1.54, 1.807) is 0 Å². The molecule has 0 radical (unpaired) electrons. The number of aromatic nitrogens is 2. The fourth-order valence-electron chi connectivity index (χ4n) is 6.16. The Labute approximate surface area is 163 Å². The van der Waals surface area contributed by atoms with Gasteiger partial charge in [0.2, 0.25) is 11.8 Å². The Morgan fingerprint density at radius 1 is 1.15 bits per heavy atom. The Hall–Kier alpha value is -1.09. The fourth-order valence-corrected chi connectivity index (χ4v) is 8.41. The van der Waals surface area contributed by atoms with Crippen molar-refractivity contribution < 1.29 is 17.6 Å². The highest BCUT2D eigenvalue weighted by molar-refractivity contribution is 7.99. The lowest BCUT2D eigenvalue weighted by Crippen LogP contribution is -2.48. The number of amides is 1. The van der Waals surface area contributed by atoms with Crippen molar-refractivity contribution in [2.75, 3.05) is 17.3 Å². The molecular formula is C18H25N3O4S2. The summed E-state index contributed by atoms with van der Waals surface area (Å²) in [4.78, 5) is 12.1. The third-order valence-electron chi connectivity index (χ3n) is 6.82. The van der Waals surface area contributed by atoms with Gasteiger partial charge in [0.1, 0.15) is 0 Å². The van der Waals surface area contributed by atoms with Gasteiger partial charge < -0.3 is 9.73 Å². The number of hydrogen-bond donors (Lipinski definition) is 1. The predicted molar refractivity (Wildman–Crippen MR) is 100 cm³/mol. The second-order valence-corrected chi connectivity index (χ2v) is 12.2. The zero-order valence-corrected chi connectivity index (χ0v) is 16.9. The number of carbonyl (C=O) groups excluding carboxylic acids is 1. The van der Waals surface area contributed by atoms with Crippen LogP contribution in [0.15, 0.2) is 9.64 Å². The van der Waals surface area contributed by atoms with Crippen LogP contribution in [0.2, 0.25) is 0 Å². The van der Waals surface area contributed by atoms with E-state index in [1.165, 1.54) is 50.3 Å². The summed E-state index contributed by atoms with van der Waals surface area (Å²) < 4.78 is 28.9. The van der Waals surface area contributed by atoms with Gasteiger partial charge in [0, 0.05) is 11.5 Å². The van der Waals surface area contributed by atoms with Gasteiger partial charge in [-0.05, 0) is 62.7 Å². The van der Waals surface area contributed by atoms with E-state index in [9.17, 15) is 13.2 Å². The van der Waals surface area contributed by atoms with Gasteiger partial charge >= 0.3 is 0 Å². The third kappa shape index (κ3) is 3.52. The second kappa shape index (κ2) is 6.47. The van der Waals surface area contributed by atoms with Crippen LogP contribution in [0.5, 0.6) is 0 Å². The van der Waals surface area contributed by atoms with Crippen molar-refractivity contribution in [3.8, 4) is 0 Å². The first-order chi connectivity index (χ1) is 12.9. The van der Waals surface area contributed by atoms with Gasteiger partial charge in [0.05, 0.1) is 17.3 Å². The molecule has 0 unspecified atom stereocenters. The minimum atomic E-state index is -2.99. The summed E-state index contributed by atoms with van der Waals surface area (Å²) in [7, 11) is -2.99. The highest BCUT2D eigenvalue weighted by atomic mass is 32.2. The Morgan fingerprint density at radius 3 is 2.41 bits per heavy atom. The third-order valence-corrected chi connectivity index (χ3v) is 9.41. The zero-order chi connectivity index (χ0) is 18.6. The number of nitrogens with zero attached hydrogens (tertiary/aromatic N) is 2. The lowest BCUT2D eigenvalue weighted by molar-refractivity contribution is -0.119. The maximum absolute atomic E-state index is 12.1. The average molecular weight is 412 g/mol. The molecule has 4 aliphatic carbocycles. The molecule has 1 N–H and O–H groups in total. The van der Waals surface area contributed by atoms with Crippen LogP contribution in [0.4, 0.5) is 0 Å². The molecule has 0 spiro atoms. The lowest BCUT2D eigenvalue weighted by atomic mass is 9.49. The quantitative estimate of drug-likeness (QED) is 0.739. The molecule has 27 heavy (non-hydrogen) atoms. The van der Waals surface area contributed by atoms with Crippen LogP contribution in [0.25, 0.3) is 0 Å². The molecule has 1 saturated heterocycles. The van der Waals surface area contributed by atoms with Crippen LogP contribution in [0.1, 0.15) is 50.8 Å². The van der Waals surface area contributed by atoms with Gasteiger partial charge in [-0.3, -0.25) is 4.79 Å². The largest absolute Gasteiger partial charge is 0.415 e. The lowest BCUT2D eigenvalue weighted by Gasteiger charge is -2.55. The SMILES string of the molecule is O=C(CSc1nnc(C23CC4CC(CC(C4)C2)C3)o1)N[C@@H]1CCS(=O)(=O)C1. The van der Waals surface area contributed by atoms with Crippen molar-refractivity contribution in [2.24, 2.45) is 17.8 Å². The van der Waals surface area contributed by atoms with Crippen LogP contribution in [0.3, 0.4) is 0 Å². The summed E-state index contributed by atoms with van der Waals surface area (Å²) in [5.74, 6) is 3.39. The first-order valence-electron chi connectivity index (χ1n) is 9.86. The predicted octanol–water partition coefficient (Wildman–Crippen LogP) is 1.93. The van der Waals surface area contributed by atoms with Crippen LogP contribution in [-0.4, -0.2) is 47.8 Å². The van der Waals surface area contributed by atoms with Crippen molar-refractivity contribution in [1.82, 2.24) is 15.5 Å². The van der Waals surface area contributed by atoms with Crippen molar-refractivity contribution in [3.05, 3.63) is 5.89 Å². The van der Waals surface area contributed by atoms with Crippen LogP contribution < -0.4 is 5.32 Å². The molecule has 1 aromatic heterocycles. The zero-order valence-electron chi connectivity index (χ0n) is 15.2. The van der Waals surface area contributed by atoms with Crippen molar-refractivity contribution in [2.45, 2.75) is 61.6 Å². The van der Waals surface area contributed by atoms with E-state index in [0.29, 0.717) is 11.6 Å². The van der Waals surface area contributed by atoms with Crippen LogP contribution in [0, 0.1) is 17.8 Å². The van der Waals surface area contributed by atoms with Gasteiger partial charge in [-0.25, -0.2) is 8.42 Å². The maximum Gasteiger partial charge on any atom is 0.277 e. The molecule has 5 fully saturated rings. The molecular weight excluding hydrogens is 386 g/mol. The van der Waals surface area contributed by atoms with E-state index in [1.807, 2.05) is 0 Å². The Morgan fingerprint density at radius 2 is 1.81 bits per heavy atom. The minimum Gasteiger partial charge on any atom is -0.415 e. The van der Waals surface area contributed by atoms with Crippen molar-refractivity contribution in [1.29, 1.82) is 0 Å². The van der Waals surface area contributed by atoms with Gasteiger partial charge in [0.15, 0.2) is 9.84 Å². The van der Waals surface area contributed by atoms with E-state index in [-0.39, 0.29) is 34.6 Å². The molecule has 148 valence electrons. The molecule has 1 amide bonds. The van der Waals surface area contributed by atoms with Crippen molar-refractivity contribution in [3.63, 3.8) is 0 Å². The number of sulfone groups is 1. The fraction of sp³-hybridized carbons (Fsp3) is 0.833. The smallest absolute Gasteiger partial charge is 0.277 e. The Bertz CT molecular complexity index is 815. The van der Waals surface area contributed by atoms with E-state index in [4.69, 9.17) is 4.42 Å². The first-order valence-corrected chi connectivity index (χ1v) is 12.7. The molecule has 1 atom stereocenters. The number of nitrogens with one attached hydrogen (secondary N) is 1. The molecule has 9 heteroatoms. The highest BCUT2D eigenvalue weighted by Crippen LogP contribution is 2.60. The summed E-state index contributed by atoms with van der Waals surface area (Å²) in [6.07, 6.45) is 8.10. The highest BCUT2D eigenvalue weighted by Gasteiger charge is 2.54. The van der Waals surface area contributed by atoms with Gasteiger partial charge in [-0.15, -0.1) is 10.2 Å². The maximum atomic E-state index is 12.1. The monoisotopic (exact) mass is 411 g/mol. The number of thioether (sulfide) groups is 1. The van der Waals surface area contributed by atoms with E-state index < -0.39 is 9.84 Å². The molecule has 1 aromatic rings. The summed E-state index contributed by atoms with van der Waals surface area (Å²) in [6.45, 7) is 0. The molecule has 2 heterocycles. The molecule has 4 bridgehead atoms. The second-order valence-electron chi connectivity index (χ2n) is 9.03. The molecule has 1 aliphatic heterocycles. The van der Waals surface area contributed by atoms with Gasteiger partial charge in [0.25, 0.3) is 5.22 Å². The molecule has 0 aromatic carbocycles. The van der Waals surface area contributed by atoms with Gasteiger partial charge in [-0.1, -0.05) is 11.8 Å². The van der Waals surface area contributed by atoms with Crippen LogP contribution >= 0.6 is 11.8 Å². The summed E-state index contributed by atoms with van der Waals surface area (Å²) in [5.41, 5.74) is 0.0705. The van der Waals surface area contributed by atoms with Crippen molar-refractivity contribution >= 4 is 27.5 Å². The number of rotatable bonds is 5. The van der Waals surface area contributed by atoms with E-state index in [0.717, 1.165) is 23.6 Å². The molecule has 6 rings (SSSR count). The molecule has 7 nitrogen and oxygen atoms in total. The summed E-state index contributed by atoms with van der Waals surface area (Å²) in [6, 6.07) is -0.270. The van der Waals surface area contributed by atoms with Gasteiger partial charge in [-0.2, -0.15) is 0 Å². The Kier molecular flexibility index (Phi) is 4.31. The Balaban J connectivity index is 1.19. The van der Waals surface area contributed by atoms with E-state index >= 15 is 0 Å². The molecule has 4 saturated carbocycles. The summed E-state index contributed by atoms with van der Waals surface area (Å²) in [5, 5.41) is 11.8. The first kappa shape index (κ1) is 18.0. The average Bonchev–Trinajstić information content (AvgIpc) is 3.18. The van der Waals surface area contributed by atoms with Crippen LogP contribution in [-0.2, 0) is 20.0 Å². The van der Waals surface area contributed by atoms with E-state index in [2.05, 4.69) is 15.5 Å². The topological polar surface area (TPSA) is 102 Å². The minimum absolute atomic E-state index is 0.0418. The number of hydrogen-bond acceptors (Lipinski definition) is 7. The summed E-state index contributed by atoms with van der Waals surface area (Å²) >= 11 is 1.23. The number of carbonyl (C=O) groups is 1. The normalized spacial score (nSPS) is 39.0. The standard InChI is InChI=1S/C18H25N3O4S2/c22-15(19-14-1-2-27(23,24)10-14)9-26-17-21-20-16(25-17)18-6-11-3-12(7-18)5-13(4-11)8-18/h11-14H,1-10H2,(H,19,22)/t11?,12?,13?,14-,18?/m1/s1. The molecule has 5 aliphatic rings.